The number of hydrogen-bond acceptors (Lipinski definition) is 0. The summed E-state index contributed by atoms with van der Waals surface area (Å²) in [4.78, 5) is 0. The smallest absolute Gasteiger partial charge is 0.0270 e. The summed E-state index contributed by atoms with van der Waals surface area (Å²) in [5.74, 6) is 0. The first kappa shape index (κ1) is 2.84. The van der Waals surface area contributed by atoms with Gasteiger partial charge in [-0.3, -0.25) is 0 Å². The highest BCUT2D eigenvalue weighted by atomic mass is 13.9. The quantitative estimate of drug-likeness (QED) is 0.393. The zero-order valence-corrected chi connectivity index (χ0v) is 3.85. The molecule has 6 heavy (non-hydrogen) atoms. The van der Waals surface area contributed by atoms with Crippen LogP contribution in [0.4, 0.5) is 0 Å². The molecule has 0 saturated heterocycles. The fraction of sp³-hybridized carbons (Fsp3) is 0.667. The van der Waals surface area contributed by atoms with Crippen molar-refractivity contribution in [3.8, 4) is 0 Å². The zero-order chi connectivity index (χ0) is 5.11. The molecule has 0 fully saturated rings. The van der Waals surface area contributed by atoms with Crippen LogP contribution >= 0.6 is 0 Å². The van der Waals surface area contributed by atoms with E-state index in [-0.39, 0.29) is 6.40 Å². The van der Waals surface area contributed by atoms with Gasteiger partial charge in [0.15, 0.2) is 0 Å². The summed E-state index contributed by atoms with van der Waals surface area (Å²) >= 11 is 0. The van der Waals surface area contributed by atoms with Gasteiger partial charge in [-0.15, -0.1) is 0 Å². The predicted molar refractivity (Wildman–Crippen MR) is 27.6 cm³/mol. The van der Waals surface area contributed by atoms with Crippen molar-refractivity contribution >= 4 is 0 Å². The van der Waals surface area contributed by atoms with E-state index >= 15 is 0 Å². The maximum absolute atomic E-state index is 7.22. The third-order valence-corrected chi connectivity index (χ3v) is 1.01. The maximum Gasteiger partial charge on any atom is 0.0270 e. The lowest BCUT2D eigenvalue weighted by Crippen LogP contribution is -1.77. The van der Waals surface area contributed by atoms with E-state index in [4.69, 9.17) is 1.37 Å². The van der Waals surface area contributed by atoms with Crippen LogP contribution in [0.1, 0.15) is 27.0 Å². The molecule has 0 N–H and O–H groups in total. The van der Waals surface area contributed by atoms with Gasteiger partial charge in [0.1, 0.15) is 0 Å². The molecule has 1 aliphatic carbocycles. The van der Waals surface area contributed by atoms with Crippen molar-refractivity contribution in [2.24, 2.45) is 0 Å². The molecule has 1 atom stereocenters. The van der Waals surface area contributed by atoms with Crippen molar-refractivity contribution in [2.45, 2.75) is 25.7 Å². The van der Waals surface area contributed by atoms with Crippen molar-refractivity contribution in [3.05, 3.63) is 12.2 Å². The highest BCUT2D eigenvalue weighted by Gasteiger charge is 1.87. The molecule has 0 aromatic rings. The van der Waals surface area contributed by atoms with E-state index in [0.29, 0.717) is 0 Å². The van der Waals surface area contributed by atoms with Gasteiger partial charge in [0.05, 0.1) is 0 Å². The average molecular weight is 83.2 g/mol. The van der Waals surface area contributed by atoms with Crippen LogP contribution in [0.5, 0.6) is 0 Å². The third-order valence-electron chi connectivity index (χ3n) is 1.01. The van der Waals surface area contributed by atoms with Crippen LogP contribution in [0.2, 0.25) is 0 Å². The third kappa shape index (κ3) is 0.852. The molecule has 0 heterocycles. The van der Waals surface area contributed by atoms with Gasteiger partial charge < -0.3 is 0 Å². The Balaban J connectivity index is 2.32. The van der Waals surface area contributed by atoms with Crippen LogP contribution in [0.25, 0.3) is 0 Å². The van der Waals surface area contributed by atoms with E-state index < -0.39 is 0 Å². The molecule has 0 aromatic heterocycles. The van der Waals surface area contributed by atoms with Gasteiger partial charge in [0.25, 0.3) is 0 Å². The minimum atomic E-state index is 0.199. The van der Waals surface area contributed by atoms with E-state index in [1.165, 1.54) is 0 Å². The summed E-state index contributed by atoms with van der Waals surface area (Å²) in [6.45, 7) is 0. The van der Waals surface area contributed by atoms with Gasteiger partial charge in [-0.2, -0.15) is 0 Å². The first-order chi connectivity index (χ1) is 3.39. The molecule has 1 unspecified atom stereocenters. The summed E-state index contributed by atoms with van der Waals surface area (Å²) in [5, 5.41) is 0. The van der Waals surface area contributed by atoms with Crippen LogP contribution in [0.3, 0.4) is 0 Å². The van der Waals surface area contributed by atoms with E-state index in [1.54, 1.807) is 0 Å². The second-order valence-electron chi connectivity index (χ2n) is 1.57. The van der Waals surface area contributed by atoms with Crippen molar-refractivity contribution in [3.63, 3.8) is 0 Å². The largest absolute Gasteiger partial charge is 0.0885 e. The lowest BCUT2D eigenvalue weighted by molar-refractivity contribution is 0.730. The fourth-order valence-electron chi connectivity index (χ4n) is 0.642. The molecule has 0 radical (unpaired) electrons. The molecule has 0 heteroatoms. The minimum Gasteiger partial charge on any atom is -0.0885 e. The Morgan fingerprint density at radius 3 is 2.50 bits per heavy atom. The van der Waals surface area contributed by atoms with Crippen LogP contribution in [0, 0.1) is 0 Å². The number of allylic oxidation sites excluding steroid dienone is 2. The zero-order valence-electron chi connectivity index (χ0n) is 4.85. The molecule has 1 rings (SSSR count). The van der Waals surface area contributed by atoms with E-state index in [2.05, 4.69) is 12.2 Å². The predicted octanol–water partition coefficient (Wildman–Crippen LogP) is 2.12. The highest BCUT2D eigenvalue weighted by Crippen LogP contribution is 2.07. The summed E-state index contributed by atoms with van der Waals surface area (Å²) in [5.41, 5.74) is 0. The van der Waals surface area contributed by atoms with E-state index in [1.807, 2.05) is 0 Å². The molecule has 1 aliphatic rings. The van der Waals surface area contributed by atoms with Gasteiger partial charge in [-0.05, 0) is 25.7 Å². The Bertz CT molecular complexity index is 76.2. The van der Waals surface area contributed by atoms with Gasteiger partial charge in [0, 0.05) is 1.37 Å². The molecule has 0 aromatic carbocycles. The molecular formula is C6H10. The maximum atomic E-state index is 7.22. The average Bonchev–Trinajstić information content (AvgIpc) is 1.69. The van der Waals surface area contributed by atoms with Crippen LogP contribution in [-0.2, 0) is 0 Å². The Labute approximate surface area is 40.3 Å². The lowest BCUT2D eigenvalue weighted by Gasteiger charge is -1.97. The summed E-state index contributed by atoms with van der Waals surface area (Å²) < 4.78 is 7.22. The van der Waals surface area contributed by atoms with Gasteiger partial charge in [-0.25, -0.2) is 0 Å². The summed E-state index contributed by atoms with van der Waals surface area (Å²) in [6.07, 6.45) is 7.61. The van der Waals surface area contributed by atoms with Crippen LogP contribution in [-0.4, -0.2) is 0 Å². The Morgan fingerprint density at radius 1 is 1.33 bits per heavy atom. The molecule has 0 aliphatic heterocycles. The highest BCUT2D eigenvalue weighted by molar-refractivity contribution is 4.85. The number of rotatable bonds is 0. The molecule has 0 saturated carbocycles. The van der Waals surface area contributed by atoms with Gasteiger partial charge in [0.2, 0.25) is 0 Å². The summed E-state index contributed by atoms with van der Waals surface area (Å²) in [7, 11) is 0. The van der Waals surface area contributed by atoms with Crippen molar-refractivity contribution in [1.82, 2.24) is 0 Å². The second-order valence-corrected chi connectivity index (χ2v) is 1.57. The molecule has 0 amide bonds. The summed E-state index contributed by atoms with van der Waals surface area (Å²) in [6, 6.07) is 0. The van der Waals surface area contributed by atoms with E-state index in [9.17, 15) is 0 Å². The van der Waals surface area contributed by atoms with Crippen LogP contribution < -0.4 is 0 Å². The Hall–Kier alpha value is -0.260. The molecule has 0 spiro atoms. The molecule has 34 valence electrons. The topological polar surface area (TPSA) is 0 Å². The lowest BCUT2D eigenvalue weighted by atomic mass is 10.1. The Kier molecular flexibility index (Phi) is 0.952. The number of hydrogen-bond donors (Lipinski definition) is 0. The van der Waals surface area contributed by atoms with Crippen molar-refractivity contribution in [1.29, 1.82) is 0 Å². The van der Waals surface area contributed by atoms with Gasteiger partial charge >= 0.3 is 0 Å². The molecule has 0 nitrogen and oxygen atoms in total. The SMILES string of the molecule is [2H]C1CC=CCC1. The fourth-order valence-corrected chi connectivity index (χ4v) is 0.642. The first-order valence-electron chi connectivity index (χ1n) is 3.04. The molecular weight excluding hydrogens is 72.1 g/mol. The normalized spacial score (nSPS) is 36.0. The monoisotopic (exact) mass is 83.1 g/mol. The molecule has 0 bridgehead atoms. The Morgan fingerprint density at radius 2 is 2.17 bits per heavy atom. The van der Waals surface area contributed by atoms with Crippen LogP contribution in [0.15, 0.2) is 12.2 Å². The standard InChI is InChI=1S/C6H10/c1-2-4-6-5-3-1/h1-2H,3-6H2/i5D. The van der Waals surface area contributed by atoms with E-state index in [0.717, 1.165) is 19.3 Å². The minimum absolute atomic E-state index is 0.199. The first-order valence-corrected chi connectivity index (χ1v) is 2.47. The second kappa shape index (κ2) is 2.01. The van der Waals surface area contributed by atoms with Gasteiger partial charge in [-0.1, -0.05) is 12.2 Å². The van der Waals surface area contributed by atoms with Crippen molar-refractivity contribution in [2.75, 3.05) is 0 Å². The van der Waals surface area contributed by atoms with Crippen molar-refractivity contribution < 1.29 is 1.37 Å².